The molecule has 0 aromatic carbocycles. The number of primary amides is 1. The molecule has 86 valence electrons. The summed E-state index contributed by atoms with van der Waals surface area (Å²) < 4.78 is 5.14. The van der Waals surface area contributed by atoms with Gasteiger partial charge in [-0.05, 0) is 6.92 Å². The number of morpholine rings is 1. The second kappa shape index (κ2) is 5.67. The molecule has 0 aromatic rings. The molecule has 0 saturated carbocycles. The van der Waals surface area contributed by atoms with Gasteiger partial charge in [0, 0.05) is 13.1 Å². The van der Waals surface area contributed by atoms with Crippen LogP contribution in [0.2, 0.25) is 0 Å². The lowest BCUT2D eigenvalue weighted by Crippen LogP contribution is -2.50. The topological polar surface area (TPSA) is 84.7 Å². The Balaban J connectivity index is 2.33. The largest absolute Gasteiger partial charge is 0.378 e. The second-order valence-electron chi connectivity index (χ2n) is 3.51. The molecule has 1 unspecified atom stereocenters. The van der Waals surface area contributed by atoms with Gasteiger partial charge >= 0.3 is 0 Å². The number of carbonyl (C=O) groups excluding carboxylic acids is 2. The highest BCUT2D eigenvalue weighted by Gasteiger charge is 2.21. The van der Waals surface area contributed by atoms with Gasteiger partial charge < -0.3 is 15.4 Å². The first-order valence-electron chi connectivity index (χ1n) is 4.99. The van der Waals surface area contributed by atoms with Crippen LogP contribution in [0, 0.1) is 0 Å². The molecule has 15 heavy (non-hydrogen) atoms. The van der Waals surface area contributed by atoms with E-state index in [1.807, 2.05) is 0 Å². The monoisotopic (exact) mass is 215 g/mol. The predicted molar refractivity (Wildman–Crippen MR) is 54.1 cm³/mol. The molecule has 0 radical (unpaired) electrons. The Hall–Kier alpha value is -1.14. The SMILES string of the molecule is CC(NCC(N)=O)C(=O)N1CCOCC1. The average Bonchev–Trinajstić information content (AvgIpc) is 2.26. The van der Waals surface area contributed by atoms with Gasteiger partial charge in [-0.2, -0.15) is 0 Å². The molecule has 1 aliphatic rings. The third-order valence-corrected chi connectivity index (χ3v) is 2.28. The van der Waals surface area contributed by atoms with Gasteiger partial charge in [0.2, 0.25) is 11.8 Å². The lowest BCUT2D eigenvalue weighted by molar-refractivity contribution is -0.137. The van der Waals surface area contributed by atoms with Crippen molar-refractivity contribution in [1.29, 1.82) is 0 Å². The van der Waals surface area contributed by atoms with Crippen LogP contribution in [-0.4, -0.2) is 55.6 Å². The first-order valence-corrected chi connectivity index (χ1v) is 4.99. The van der Waals surface area contributed by atoms with Crippen LogP contribution in [0.3, 0.4) is 0 Å². The van der Waals surface area contributed by atoms with E-state index in [0.717, 1.165) is 0 Å². The fourth-order valence-corrected chi connectivity index (χ4v) is 1.40. The fraction of sp³-hybridized carbons (Fsp3) is 0.778. The van der Waals surface area contributed by atoms with Crippen LogP contribution < -0.4 is 11.1 Å². The summed E-state index contributed by atoms with van der Waals surface area (Å²) in [5.74, 6) is -0.476. The van der Waals surface area contributed by atoms with E-state index in [1.54, 1.807) is 11.8 Å². The minimum Gasteiger partial charge on any atom is -0.378 e. The molecule has 0 aliphatic carbocycles. The van der Waals surface area contributed by atoms with Gasteiger partial charge in [-0.25, -0.2) is 0 Å². The number of nitrogens with zero attached hydrogens (tertiary/aromatic N) is 1. The molecule has 6 nitrogen and oxygen atoms in total. The number of nitrogens with two attached hydrogens (primary N) is 1. The minimum atomic E-state index is -0.461. The summed E-state index contributed by atoms with van der Waals surface area (Å²) >= 11 is 0. The van der Waals surface area contributed by atoms with Crippen LogP contribution in [0.5, 0.6) is 0 Å². The number of amides is 2. The number of carbonyl (C=O) groups is 2. The Morgan fingerprint density at radius 1 is 1.47 bits per heavy atom. The molecule has 1 heterocycles. The highest BCUT2D eigenvalue weighted by Crippen LogP contribution is 2.00. The van der Waals surface area contributed by atoms with Crippen molar-refractivity contribution in [3.8, 4) is 0 Å². The summed E-state index contributed by atoms with van der Waals surface area (Å²) in [7, 11) is 0. The lowest BCUT2D eigenvalue weighted by Gasteiger charge is -2.29. The molecular formula is C9H17N3O3. The normalized spacial score (nSPS) is 18.6. The molecular weight excluding hydrogens is 198 g/mol. The van der Waals surface area contributed by atoms with E-state index < -0.39 is 5.91 Å². The smallest absolute Gasteiger partial charge is 0.239 e. The predicted octanol–water partition coefficient (Wildman–Crippen LogP) is -1.69. The molecule has 0 bridgehead atoms. The Labute approximate surface area is 88.7 Å². The summed E-state index contributed by atoms with van der Waals surface area (Å²) in [6, 6.07) is -0.379. The van der Waals surface area contributed by atoms with Gasteiger partial charge in [0.05, 0.1) is 25.8 Å². The summed E-state index contributed by atoms with van der Waals surface area (Å²) in [4.78, 5) is 24.0. The van der Waals surface area contributed by atoms with Crippen molar-refractivity contribution in [1.82, 2.24) is 10.2 Å². The molecule has 0 aromatic heterocycles. The highest BCUT2D eigenvalue weighted by molar-refractivity contribution is 5.83. The van der Waals surface area contributed by atoms with Crippen LogP contribution in [0.15, 0.2) is 0 Å². The van der Waals surface area contributed by atoms with Crippen LogP contribution >= 0.6 is 0 Å². The Morgan fingerprint density at radius 2 is 2.07 bits per heavy atom. The molecule has 2 amide bonds. The van der Waals surface area contributed by atoms with Gasteiger partial charge in [0.15, 0.2) is 0 Å². The standard InChI is InChI=1S/C9H17N3O3/c1-7(11-6-8(10)13)9(14)12-2-4-15-5-3-12/h7,11H,2-6H2,1H3,(H2,10,13). The average molecular weight is 215 g/mol. The first-order chi connectivity index (χ1) is 7.11. The van der Waals surface area contributed by atoms with E-state index in [1.165, 1.54) is 0 Å². The molecule has 1 rings (SSSR count). The van der Waals surface area contributed by atoms with Crippen molar-refractivity contribution >= 4 is 11.8 Å². The van der Waals surface area contributed by atoms with Crippen molar-refractivity contribution in [3.63, 3.8) is 0 Å². The summed E-state index contributed by atoms with van der Waals surface area (Å²) in [6.07, 6.45) is 0. The Kier molecular flexibility index (Phi) is 4.51. The van der Waals surface area contributed by atoms with Crippen LogP contribution in [0.4, 0.5) is 0 Å². The molecule has 1 atom stereocenters. The first kappa shape index (κ1) is 11.9. The van der Waals surface area contributed by atoms with Crippen molar-refractivity contribution < 1.29 is 14.3 Å². The Morgan fingerprint density at radius 3 is 2.60 bits per heavy atom. The molecule has 6 heteroatoms. The van der Waals surface area contributed by atoms with Crippen LogP contribution in [0.25, 0.3) is 0 Å². The maximum atomic E-state index is 11.8. The number of ether oxygens (including phenoxy) is 1. The van der Waals surface area contributed by atoms with Gasteiger partial charge in [0.1, 0.15) is 0 Å². The van der Waals surface area contributed by atoms with E-state index in [2.05, 4.69) is 5.32 Å². The number of hydrogen-bond acceptors (Lipinski definition) is 4. The van der Waals surface area contributed by atoms with E-state index >= 15 is 0 Å². The van der Waals surface area contributed by atoms with E-state index in [4.69, 9.17) is 10.5 Å². The molecule has 1 aliphatic heterocycles. The van der Waals surface area contributed by atoms with Crippen molar-refractivity contribution in [2.75, 3.05) is 32.8 Å². The van der Waals surface area contributed by atoms with E-state index in [9.17, 15) is 9.59 Å². The number of nitrogens with one attached hydrogen (secondary N) is 1. The zero-order valence-electron chi connectivity index (χ0n) is 8.86. The van der Waals surface area contributed by atoms with Crippen molar-refractivity contribution in [2.45, 2.75) is 13.0 Å². The summed E-state index contributed by atoms with van der Waals surface area (Å²) in [5.41, 5.74) is 4.97. The quantitative estimate of drug-likeness (QED) is 0.586. The third-order valence-electron chi connectivity index (χ3n) is 2.28. The van der Waals surface area contributed by atoms with Crippen LogP contribution in [-0.2, 0) is 14.3 Å². The van der Waals surface area contributed by atoms with Gasteiger partial charge in [0.25, 0.3) is 0 Å². The molecule has 1 saturated heterocycles. The van der Waals surface area contributed by atoms with Gasteiger partial charge in [-0.3, -0.25) is 14.9 Å². The lowest BCUT2D eigenvalue weighted by atomic mass is 10.2. The zero-order chi connectivity index (χ0) is 11.3. The molecule has 0 spiro atoms. The maximum Gasteiger partial charge on any atom is 0.239 e. The van der Waals surface area contributed by atoms with E-state index in [-0.39, 0.29) is 18.5 Å². The second-order valence-corrected chi connectivity index (χ2v) is 3.51. The van der Waals surface area contributed by atoms with Crippen molar-refractivity contribution in [3.05, 3.63) is 0 Å². The Bertz CT molecular complexity index is 239. The van der Waals surface area contributed by atoms with Gasteiger partial charge in [-0.1, -0.05) is 0 Å². The minimum absolute atomic E-state index is 0.0143. The van der Waals surface area contributed by atoms with Crippen molar-refractivity contribution in [2.24, 2.45) is 5.73 Å². The van der Waals surface area contributed by atoms with Crippen LogP contribution in [0.1, 0.15) is 6.92 Å². The zero-order valence-corrected chi connectivity index (χ0v) is 8.86. The van der Waals surface area contributed by atoms with Gasteiger partial charge in [-0.15, -0.1) is 0 Å². The number of rotatable bonds is 4. The highest BCUT2D eigenvalue weighted by atomic mass is 16.5. The third kappa shape index (κ3) is 3.85. The summed E-state index contributed by atoms with van der Waals surface area (Å²) in [6.45, 7) is 4.13. The number of hydrogen-bond donors (Lipinski definition) is 2. The molecule has 1 fully saturated rings. The van der Waals surface area contributed by atoms with E-state index in [0.29, 0.717) is 26.3 Å². The molecule has 3 N–H and O–H groups in total. The maximum absolute atomic E-state index is 11.8. The fourth-order valence-electron chi connectivity index (χ4n) is 1.40. The summed E-state index contributed by atoms with van der Waals surface area (Å²) in [5, 5.41) is 2.77.